The molecule has 0 aliphatic rings. The Kier molecular flexibility index (Phi) is 4.97. The quantitative estimate of drug-likeness (QED) is 0.621. The summed E-state index contributed by atoms with van der Waals surface area (Å²) in [6, 6.07) is 0. The zero-order chi connectivity index (χ0) is 11.1. The molecule has 0 aromatic carbocycles. The molecular weight excluding hydrogens is 260 g/mol. The van der Waals surface area contributed by atoms with Crippen LogP contribution in [-0.4, -0.2) is 28.4 Å². The van der Waals surface area contributed by atoms with Gasteiger partial charge in [0.15, 0.2) is 0 Å². The summed E-state index contributed by atoms with van der Waals surface area (Å²) in [4.78, 5) is 18.8. The van der Waals surface area contributed by atoms with Gasteiger partial charge in [-0.3, -0.25) is 0 Å². The second kappa shape index (κ2) is 6.29. The van der Waals surface area contributed by atoms with Crippen molar-refractivity contribution in [2.24, 2.45) is 0 Å². The van der Waals surface area contributed by atoms with Crippen molar-refractivity contribution < 1.29 is 9.53 Å². The van der Waals surface area contributed by atoms with Crippen molar-refractivity contribution in [2.45, 2.75) is 6.42 Å². The fourth-order valence-corrected chi connectivity index (χ4v) is 1.17. The SMILES string of the molecule is COC(=O)c1ncc(C=CCCBr)cn1. The summed E-state index contributed by atoms with van der Waals surface area (Å²) in [6.45, 7) is 0. The Balaban J connectivity index is 2.68. The minimum Gasteiger partial charge on any atom is -0.463 e. The molecule has 0 radical (unpaired) electrons. The molecule has 0 fully saturated rings. The van der Waals surface area contributed by atoms with Crippen LogP contribution in [0, 0.1) is 0 Å². The number of esters is 1. The van der Waals surface area contributed by atoms with Crippen LogP contribution < -0.4 is 0 Å². The monoisotopic (exact) mass is 270 g/mol. The fourth-order valence-electron chi connectivity index (χ4n) is 0.903. The van der Waals surface area contributed by atoms with Gasteiger partial charge in [-0.2, -0.15) is 0 Å². The first-order valence-electron chi connectivity index (χ1n) is 4.40. The highest BCUT2D eigenvalue weighted by Crippen LogP contribution is 2.01. The number of carbonyl (C=O) groups excluding carboxylic acids is 1. The van der Waals surface area contributed by atoms with Gasteiger partial charge in [-0.05, 0) is 6.42 Å². The number of carbonyl (C=O) groups is 1. The lowest BCUT2D eigenvalue weighted by Gasteiger charge is -1.97. The average Bonchev–Trinajstić information content (AvgIpc) is 2.29. The second-order valence-corrected chi connectivity index (χ2v) is 3.50. The van der Waals surface area contributed by atoms with E-state index >= 15 is 0 Å². The summed E-state index contributed by atoms with van der Waals surface area (Å²) >= 11 is 3.32. The van der Waals surface area contributed by atoms with Crippen molar-refractivity contribution in [3.63, 3.8) is 0 Å². The number of alkyl halides is 1. The predicted octanol–water partition coefficient (Wildman–Crippen LogP) is 2.06. The van der Waals surface area contributed by atoms with E-state index in [9.17, 15) is 4.79 Å². The molecule has 0 atom stereocenters. The van der Waals surface area contributed by atoms with E-state index in [0.717, 1.165) is 17.3 Å². The molecule has 1 heterocycles. The van der Waals surface area contributed by atoms with Gasteiger partial charge in [0.25, 0.3) is 0 Å². The van der Waals surface area contributed by atoms with Gasteiger partial charge >= 0.3 is 5.97 Å². The molecule has 0 aliphatic carbocycles. The third-order valence-corrected chi connectivity index (χ3v) is 2.08. The Morgan fingerprint density at radius 2 is 2.20 bits per heavy atom. The van der Waals surface area contributed by atoms with Crippen molar-refractivity contribution in [3.8, 4) is 0 Å². The summed E-state index contributed by atoms with van der Waals surface area (Å²) in [7, 11) is 1.30. The number of nitrogens with zero attached hydrogens (tertiary/aromatic N) is 2. The van der Waals surface area contributed by atoms with Gasteiger partial charge in [-0.1, -0.05) is 28.1 Å². The highest BCUT2D eigenvalue weighted by atomic mass is 79.9. The van der Waals surface area contributed by atoms with Gasteiger partial charge in [-0.15, -0.1) is 0 Å². The molecule has 0 spiro atoms. The van der Waals surface area contributed by atoms with Crippen LogP contribution in [0.5, 0.6) is 0 Å². The van der Waals surface area contributed by atoms with Crippen LogP contribution in [0.3, 0.4) is 0 Å². The molecule has 0 saturated carbocycles. The number of ether oxygens (including phenoxy) is 1. The van der Waals surface area contributed by atoms with Crippen LogP contribution >= 0.6 is 15.9 Å². The van der Waals surface area contributed by atoms with Gasteiger partial charge in [0.05, 0.1) is 7.11 Å². The van der Waals surface area contributed by atoms with Crippen LogP contribution in [0.1, 0.15) is 22.6 Å². The van der Waals surface area contributed by atoms with Crippen LogP contribution in [0.15, 0.2) is 18.5 Å². The maximum atomic E-state index is 11.0. The lowest BCUT2D eigenvalue weighted by atomic mass is 10.3. The second-order valence-electron chi connectivity index (χ2n) is 2.71. The molecule has 5 heteroatoms. The van der Waals surface area contributed by atoms with Crippen molar-refractivity contribution in [1.82, 2.24) is 9.97 Å². The molecule has 1 rings (SSSR count). The summed E-state index contributed by atoms with van der Waals surface area (Å²) in [5.41, 5.74) is 0.864. The Morgan fingerprint density at radius 3 is 2.73 bits per heavy atom. The number of methoxy groups -OCH3 is 1. The summed E-state index contributed by atoms with van der Waals surface area (Å²) in [5.74, 6) is -0.443. The van der Waals surface area contributed by atoms with Gasteiger partial charge in [0.2, 0.25) is 5.82 Å². The van der Waals surface area contributed by atoms with Crippen molar-refractivity contribution in [1.29, 1.82) is 0 Å². The number of hydrogen-bond acceptors (Lipinski definition) is 4. The molecule has 0 aliphatic heterocycles. The fraction of sp³-hybridized carbons (Fsp3) is 0.300. The van der Waals surface area contributed by atoms with E-state index in [4.69, 9.17) is 0 Å². The molecule has 0 bridgehead atoms. The van der Waals surface area contributed by atoms with E-state index in [0.29, 0.717) is 0 Å². The first-order valence-corrected chi connectivity index (χ1v) is 5.53. The molecule has 4 nitrogen and oxygen atoms in total. The minimum absolute atomic E-state index is 0.0788. The van der Waals surface area contributed by atoms with Crippen LogP contribution in [-0.2, 0) is 4.74 Å². The van der Waals surface area contributed by atoms with E-state index < -0.39 is 5.97 Å². The zero-order valence-corrected chi connectivity index (χ0v) is 9.90. The van der Waals surface area contributed by atoms with Crippen LogP contribution in [0.2, 0.25) is 0 Å². The summed E-state index contributed by atoms with van der Waals surface area (Å²) < 4.78 is 4.49. The third-order valence-electron chi connectivity index (χ3n) is 1.63. The van der Waals surface area contributed by atoms with E-state index in [-0.39, 0.29) is 5.82 Å². The summed E-state index contributed by atoms with van der Waals surface area (Å²) in [5, 5.41) is 0.921. The number of halogens is 1. The summed E-state index contributed by atoms with van der Waals surface area (Å²) in [6.07, 6.45) is 8.03. The number of aromatic nitrogens is 2. The van der Waals surface area contributed by atoms with E-state index in [2.05, 4.69) is 30.6 Å². The molecule has 1 aromatic heterocycles. The molecule has 0 unspecified atom stereocenters. The number of hydrogen-bond donors (Lipinski definition) is 0. The standard InChI is InChI=1S/C10H11BrN2O2/c1-15-10(14)9-12-6-8(7-13-9)4-2-3-5-11/h2,4,6-7H,3,5H2,1H3. The molecule has 0 amide bonds. The number of allylic oxidation sites excluding steroid dienone is 1. The maximum absolute atomic E-state index is 11.0. The van der Waals surface area contributed by atoms with Crippen LogP contribution in [0.25, 0.3) is 6.08 Å². The third kappa shape index (κ3) is 3.79. The van der Waals surface area contributed by atoms with Crippen LogP contribution in [0.4, 0.5) is 0 Å². The smallest absolute Gasteiger partial charge is 0.376 e. The Hall–Kier alpha value is -1.23. The highest BCUT2D eigenvalue weighted by Gasteiger charge is 2.06. The largest absolute Gasteiger partial charge is 0.463 e. The average molecular weight is 271 g/mol. The van der Waals surface area contributed by atoms with Crippen molar-refractivity contribution in [2.75, 3.05) is 12.4 Å². The molecular formula is C10H11BrN2O2. The van der Waals surface area contributed by atoms with Gasteiger partial charge in [-0.25, -0.2) is 14.8 Å². The van der Waals surface area contributed by atoms with E-state index in [1.807, 2.05) is 12.2 Å². The van der Waals surface area contributed by atoms with E-state index in [1.54, 1.807) is 12.4 Å². The Morgan fingerprint density at radius 1 is 1.53 bits per heavy atom. The predicted molar refractivity (Wildman–Crippen MR) is 60.8 cm³/mol. The minimum atomic E-state index is -0.522. The first kappa shape index (κ1) is 11.8. The molecule has 0 saturated heterocycles. The van der Waals surface area contributed by atoms with E-state index in [1.165, 1.54) is 7.11 Å². The number of rotatable bonds is 4. The Bertz CT molecular complexity index is 349. The van der Waals surface area contributed by atoms with Gasteiger partial charge in [0.1, 0.15) is 0 Å². The van der Waals surface area contributed by atoms with Gasteiger partial charge in [0, 0.05) is 23.3 Å². The highest BCUT2D eigenvalue weighted by molar-refractivity contribution is 9.09. The molecule has 1 aromatic rings. The first-order chi connectivity index (χ1) is 7.27. The van der Waals surface area contributed by atoms with Crippen molar-refractivity contribution >= 4 is 28.0 Å². The normalized spacial score (nSPS) is 10.5. The lowest BCUT2D eigenvalue weighted by Crippen LogP contribution is -2.06. The molecule has 15 heavy (non-hydrogen) atoms. The maximum Gasteiger partial charge on any atom is 0.376 e. The molecule has 0 N–H and O–H groups in total. The topological polar surface area (TPSA) is 52.1 Å². The van der Waals surface area contributed by atoms with Gasteiger partial charge < -0.3 is 4.74 Å². The Labute approximate surface area is 96.5 Å². The molecule has 80 valence electrons. The zero-order valence-electron chi connectivity index (χ0n) is 8.31. The lowest BCUT2D eigenvalue weighted by molar-refractivity contribution is 0.0586. The van der Waals surface area contributed by atoms with Crippen molar-refractivity contribution in [3.05, 3.63) is 29.9 Å².